The summed E-state index contributed by atoms with van der Waals surface area (Å²) in [7, 11) is 0. The summed E-state index contributed by atoms with van der Waals surface area (Å²) in [6.07, 6.45) is 4.28. The van der Waals surface area contributed by atoms with Crippen LogP contribution in [0.25, 0.3) is 10.9 Å². The molecule has 26 heavy (non-hydrogen) atoms. The largest absolute Gasteiger partial charge is 0.361 e. The van der Waals surface area contributed by atoms with E-state index in [2.05, 4.69) is 29.0 Å². The molecule has 0 aliphatic carbocycles. The molecule has 0 spiro atoms. The minimum Gasteiger partial charge on any atom is -0.361 e. The molecular weight excluding hydrogens is 328 g/mol. The zero-order valence-electron chi connectivity index (χ0n) is 15.6. The third kappa shape index (κ3) is 3.90. The number of carbonyl (C=O) groups is 2. The second-order valence-corrected chi connectivity index (χ2v) is 6.79. The quantitative estimate of drug-likeness (QED) is 0.536. The van der Waals surface area contributed by atoms with Crippen LogP contribution in [0.4, 0.5) is 4.79 Å². The predicted molar refractivity (Wildman–Crippen MR) is 103 cm³/mol. The summed E-state index contributed by atoms with van der Waals surface area (Å²) >= 11 is 0. The predicted octanol–water partition coefficient (Wildman–Crippen LogP) is 2.75. The normalized spacial score (nSPS) is 17.5. The Labute approximate surface area is 154 Å². The second-order valence-electron chi connectivity index (χ2n) is 6.79. The number of aromatic amines is 1. The minimum atomic E-state index is -0.468. The molecule has 2 heterocycles. The zero-order chi connectivity index (χ0) is 18.5. The molecule has 1 aromatic carbocycles. The van der Waals surface area contributed by atoms with Crippen LogP contribution in [-0.4, -0.2) is 58.9 Å². The van der Waals surface area contributed by atoms with Crippen LogP contribution >= 0.6 is 0 Å². The van der Waals surface area contributed by atoms with Crippen molar-refractivity contribution in [1.82, 2.24) is 20.1 Å². The van der Waals surface area contributed by atoms with Crippen LogP contribution in [0.3, 0.4) is 0 Å². The molecule has 1 saturated heterocycles. The first-order valence-electron chi connectivity index (χ1n) is 9.53. The number of para-hydroxylation sites is 1. The number of nitrogens with one attached hydrogen (secondary N) is 2. The van der Waals surface area contributed by atoms with Crippen LogP contribution in [0.2, 0.25) is 0 Å². The van der Waals surface area contributed by atoms with E-state index >= 15 is 0 Å². The SMILES string of the molecule is CCN(CC)CCCCN1C(=O)NC(Cc2c[nH]c3ccccc23)C1=O. The van der Waals surface area contributed by atoms with Crippen LogP contribution in [-0.2, 0) is 11.2 Å². The molecule has 0 bridgehead atoms. The second kappa shape index (κ2) is 8.36. The third-order valence-corrected chi connectivity index (χ3v) is 5.21. The van der Waals surface area contributed by atoms with E-state index in [1.807, 2.05) is 30.5 Å². The van der Waals surface area contributed by atoms with Crippen molar-refractivity contribution in [1.29, 1.82) is 0 Å². The molecule has 3 amide bonds. The molecule has 2 aromatic rings. The van der Waals surface area contributed by atoms with Crippen molar-refractivity contribution in [2.45, 2.75) is 39.2 Å². The molecule has 1 aliphatic heterocycles. The lowest BCUT2D eigenvalue weighted by Crippen LogP contribution is -2.33. The number of fused-ring (bicyclic) bond motifs is 1. The highest BCUT2D eigenvalue weighted by atomic mass is 16.2. The van der Waals surface area contributed by atoms with Crippen LogP contribution in [0.15, 0.2) is 30.5 Å². The number of amides is 3. The number of H-pyrrole nitrogens is 1. The Morgan fingerprint density at radius 2 is 1.88 bits per heavy atom. The van der Waals surface area contributed by atoms with Gasteiger partial charge in [-0.2, -0.15) is 0 Å². The van der Waals surface area contributed by atoms with E-state index in [0.29, 0.717) is 13.0 Å². The fraction of sp³-hybridized carbons (Fsp3) is 0.500. The lowest BCUT2D eigenvalue weighted by Gasteiger charge is -2.18. The number of imide groups is 1. The summed E-state index contributed by atoms with van der Waals surface area (Å²) in [6, 6.07) is 7.28. The van der Waals surface area contributed by atoms with Crippen molar-refractivity contribution >= 4 is 22.8 Å². The smallest absolute Gasteiger partial charge is 0.324 e. The topological polar surface area (TPSA) is 68.4 Å². The molecule has 3 rings (SSSR count). The molecule has 1 fully saturated rings. The number of unbranched alkanes of at least 4 members (excludes halogenated alkanes) is 1. The molecule has 1 aliphatic rings. The maximum atomic E-state index is 12.6. The standard InChI is InChI=1S/C20H28N4O2/c1-3-23(4-2)11-7-8-12-24-19(25)18(22-20(24)26)13-15-14-21-17-10-6-5-9-16(15)17/h5-6,9-10,14,18,21H,3-4,7-8,11-13H2,1-2H3,(H,22,26). The molecule has 0 saturated carbocycles. The first-order valence-corrected chi connectivity index (χ1v) is 9.53. The Morgan fingerprint density at radius 3 is 2.65 bits per heavy atom. The summed E-state index contributed by atoms with van der Waals surface area (Å²) in [4.78, 5) is 31.8. The summed E-state index contributed by atoms with van der Waals surface area (Å²) in [5, 5.41) is 3.95. The number of hydrogen-bond acceptors (Lipinski definition) is 3. The average Bonchev–Trinajstić information content (AvgIpc) is 3.18. The van der Waals surface area contributed by atoms with Gasteiger partial charge in [0.1, 0.15) is 6.04 Å². The van der Waals surface area contributed by atoms with Crippen LogP contribution in [0.5, 0.6) is 0 Å². The number of benzene rings is 1. The molecule has 140 valence electrons. The molecule has 1 aromatic heterocycles. The van der Waals surface area contributed by atoms with Gasteiger partial charge in [0, 0.05) is 30.1 Å². The van der Waals surface area contributed by atoms with Gasteiger partial charge in [-0.25, -0.2) is 4.79 Å². The highest BCUT2D eigenvalue weighted by molar-refractivity contribution is 6.04. The number of rotatable bonds is 9. The Morgan fingerprint density at radius 1 is 1.12 bits per heavy atom. The van der Waals surface area contributed by atoms with E-state index in [1.54, 1.807) is 0 Å². The number of nitrogens with zero attached hydrogens (tertiary/aromatic N) is 2. The van der Waals surface area contributed by atoms with Gasteiger partial charge < -0.3 is 15.2 Å². The summed E-state index contributed by atoms with van der Waals surface area (Å²) < 4.78 is 0. The van der Waals surface area contributed by atoms with E-state index in [-0.39, 0.29) is 11.9 Å². The molecule has 0 radical (unpaired) electrons. The summed E-state index contributed by atoms with van der Waals surface area (Å²) in [6.45, 7) is 7.87. The maximum Gasteiger partial charge on any atom is 0.324 e. The summed E-state index contributed by atoms with van der Waals surface area (Å²) in [5.41, 5.74) is 2.11. The van der Waals surface area contributed by atoms with Crippen LogP contribution in [0, 0.1) is 0 Å². The first kappa shape index (κ1) is 18.5. The minimum absolute atomic E-state index is 0.108. The number of urea groups is 1. The van der Waals surface area contributed by atoms with E-state index in [4.69, 9.17) is 0 Å². The highest BCUT2D eigenvalue weighted by Gasteiger charge is 2.37. The van der Waals surface area contributed by atoms with Gasteiger partial charge in [-0.3, -0.25) is 9.69 Å². The fourth-order valence-corrected chi connectivity index (χ4v) is 3.59. The molecule has 1 atom stereocenters. The number of aromatic nitrogens is 1. The number of hydrogen-bond donors (Lipinski definition) is 2. The van der Waals surface area contributed by atoms with Crippen molar-refractivity contribution in [3.63, 3.8) is 0 Å². The van der Waals surface area contributed by atoms with Crippen LogP contribution in [0.1, 0.15) is 32.3 Å². The van der Waals surface area contributed by atoms with Gasteiger partial charge >= 0.3 is 6.03 Å². The summed E-state index contributed by atoms with van der Waals surface area (Å²) in [5.74, 6) is -0.108. The third-order valence-electron chi connectivity index (χ3n) is 5.21. The van der Waals surface area contributed by atoms with Gasteiger partial charge in [-0.1, -0.05) is 32.0 Å². The van der Waals surface area contributed by atoms with Crippen molar-refractivity contribution in [3.05, 3.63) is 36.0 Å². The van der Waals surface area contributed by atoms with E-state index in [9.17, 15) is 9.59 Å². The lowest BCUT2D eigenvalue weighted by atomic mass is 10.1. The molecule has 1 unspecified atom stereocenters. The van der Waals surface area contributed by atoms with Crippen molar-refractivity contribution < 1.29 is 9.59 Å². The van der Waals surface area contributed by atoms with Crippen molar-refractivity contribution in [2.75, 3.05) is 26.2 Å². The van der Waals surface area contributed by atoms with E-state index < -0.39 is 6.04 Å². The number of carbonyl (C=O) groups excluding carboxylic acids is 2. The monoisotopic (exact) mass is 356 g/mol. The van der Waals surface area contributed by atoms with Crippen molar-refractivity contribution in [3.8, 4) is 0 Å². The first-order chi connectivity index (χ1) is 12.6. The maximum absolute atomic E-state index is 12.6. The molecular formula is C20H28N4O2. The molecule has 6 nitrogen and oxygen atoms in total. The van der Waals surface area contributed by atoms with E-state index in [0.717, 1.165) is 48.9 Å². The molecule has 6 heteroatoms. The Hall–Kier alpha value is -2.34. The van der Waals surface area contributed by atoms with Gasteiger partial charge in [0.25, 0.3) is 5.91 Å². The van der Waals surface area contributed by atoms with Crippen molar-refractivity contribution in [2.24, 2.45) is 0 Å². The average molecular weight is 356 g/mol. The Kier molecular flexibility index (Phi) is 5.93. The van der Waals surface area contributed by atoms with E-state index in [1.165, 1.54) is 4.90 Å². The highest BCUT2D eigenvalue weighted by Crippen LogP contribution is 2.21. The fourth-order valence-electron chi connectivity index (χ4n) is 3.59. The Bertz CT molecular complexity index is 766. The lowest BCUT2D eigenvalue weighted by molar-refractivity contribution is -0.127. The zero-order valence-corrected chi connectivity index (χ0v) is 15.6. The van der Waals surface area contributed by atoms with Crippen LogP contribution < -0.4 is 5.32 Å². The van der Waals surface area contributed by atoms with Gasteiger partial charge in [0.2, 0.25) is 0 Å². The van der Waals surface area contributed by atoms with Gasteiger partial charge in [-0.15, -0.1) is 0 Å². The Balaban J connectivity index is 1.55. The van der Waals surface area contributed by atoms with Gasteiger partial charge in [0.05, 0.1) is 0 Å². The van der Waals surface area contributed by atoms with Gasteiger partial charge in [0.15, 0.2) is 0 Å². The molecule has 2 N–H and O–H groups in total. The van der Waals surface area contributed by atoms with Gasteiger partial charge in [-0.05, 0) is 44.1 Å².